The summed E-state index contributed by atoms with van der Waals surface area (Å²) in [6.07, 6.45) is 4.66. The van der Waals surface area contributed by atoms with Gasteiger partial charge in [-0.3, -0.25) is 14.3 Å². The first-order valence-electron chi connectivity index (χ1n) is 11.4. The molecular weight excluding hydrogens is 418 g/mol. The number of aromatic nitrogens is 3. The van der Waals surface area contributed by atoms with E-state index in [-0.39, 0.29) is 11.7 Å². The van der Waals surface area contributed by atoms with Crippen molar-refractivity contribution >= 4 is 23.4 Å². The highest BCUT2D eigenvalue weighted by atomic mass is 32.2. The van der Waals surface area contributed by atoms with Gasteiger partial charge in [-0.05, 0) is 62.5 Å². The summed E-state index contributed by atoms with van der Waals surface area (Å²) in [6, 6.07) is 16.3. The second-order valence-electron chi connectivity index (χ2n) is 8.21. The largest absolute Gasteiger partial charge is 0.325 e. The van der Waals surface area contributed by atoms with Gasteiger partial charge in [0.05, 0.1) is 12.3 Å². The number of anilines is 1. The second-order valence-corrected chi connectivity index (χ2v) is 9.15. The topological polar surface area (TPSA) is 63.1 Å². The van der Waals surface area contributed by atoms with Crippen molar-refractivity contribution in [2.45, 2.75) is 51.2 Å². The molecular formula is C25H31N5OS. The van der Waals surface area contributed by atoms with Gasteiger partial charge < -0.3 is 5.32 Å². The first kappa shape index (κ1) is 22.6. The van der Waals surface area contributed by atoms with E-state index in [1.165, 1.54) is 31.0 Å². The van der Waals surface area contributed by atoms with Gasteiger partial charge in [-0.15, -0.1) is 10.2 Å². The van der Waals surface area contributed by atoms with Gasteiger partial charge >= 0.3 is 0 Å². The van der Waals surface area contributed by atoms with Gasteiger partial charge in [-0.1, -0.05) is 61.5 Å². The first-order chi connectivity index (χ1) is 15.7. The molecule has 0 radical (unpaired) electrons. The van der Waals surface area contributed by atoms with Crippen molar-refractivity contribution in [2.24, 2.45) is 0 Å². The van der Waals surface area contributed by atoms with Crippen molar-refractivity contribution < 1.29 is 4.79 Å². The average Bonchev–Trinajstić information content (AvgIpc) is 3.22. The zero-order valence-corrected chi connectivity index (χ0v) is 19.7. The van der Waals surface area contributed by atoms with E-state index in [4.69, 9.17) is 0 Å². The van der Waals surface area contributed by atoms with E-state index in [0.29, 0.717) is 0 Å². The van der Waals surface area contributed by atoms with Crippen molar-refractivity contribution in [3.8, 4) is 5.69 Å². The van der Waals surface area contributed by atoms with E-state index < -0.39 is 0 Å². The number of carbonyl (C=O) groups is 1. The molecule has 32 heavy (non-hydrogen) atoms. The summed E-state index contributed by atoms with van der Waals surface area (Å²) < 4.78 is 2.10. The normalized spacial score (nSPS) is 14.4. The Labute approximate surface area is 194 Å². The van der Waals surface area contributed by atoms with Gasteiger partial charge in [0, 0.05) is 11.4 Å². The number of nitrogens with zero attached hydrogens (tertiary/aromatic N) is 4. The number of aryl methyl sites for hydroxylation is 2. The Balaban J connectivity index is 1.50. The molecule has 0 saturated carbocycles. The van der Waals surface area contributed by atoms with Crippen molar-refractivity contribution in [1.29, 1.82) is 0 Å². The average molecular weight is 450 g/mol. The Kier molecular flexibility index (Phi) is 7.60. The van der Waals surface area contributed by atoms with Crippen LogP contribution < -0.4 is 5.32 Å². The smallest absolute Gasteiger partial charge is 0.234 e. The number of benzene rings is 2. The Hall–Kier alpha value is -2.64. The van der Waals surface area contributed by atoms with Crippen LogP contribution in [0.2, 0.25) is 0 Å². The lowest BCUT2D eigenvalue weighted by molar-refractivity contribution is -0.113. The first-order valence-corrected chi connectivity index (χ1v) is 12.4. The number of para-hydroxylation sites is 2. The summed E-state index contributed by atoms with van der Waals surface area (Å²) in [4.78, 5) is 15.2. The maximum atomic E-state index is 12.8. The van der Waals surface area contributed by atoms with Crippen LogP contribution in [0.5, 0.6) is 0 Å². The van der Waals surface area contributed by atoms with Crippen molar-refractivity contribution in [3.63, 3.8) is 0 Å². The van der Waals surface area contributed by atoms with E-state index in [1.54, 1.807) is 0 Å². The minimum atomic E-state index is -0.0285. The number of amides is 1. The van der Waals surface area contributed by atoms with Gasteiger partial charge in [0.15, 0.2) is 11.0 Å². The lowest BCUT2D eigenvalue weighted by atomic mass is 10.1. The van der Waals surface area contributed by atoms with Gasteiger partial charge in [-0.25, -0.2) is 0 Å². The Bertz CT molecular complexity index is 1040. The predicted molar refractivity (Wildman–Crippen MR) is 130 cm³/mol. The monoisotopic (exact) mass is 449 g/mol. The summed E-state index contributed by atoms with van der Waals surface area (Å²) in [6.45, 7) is 7.11. The molecule has 6 nitrogen and oxygen atoms in total. The summed E-state index contributed by atoms with van der Waals surface area (Å²) in [5, 5.41) is 12.8. The number of hydrogen-bond acceptors (Lipinski definition) is 5. The number of hydrogen-bond donors (Lipinski definition) is 1. The molecule has 0 spiro atoms. The Morgan fingerprint density at radius 1 is 1.03 bits per heavy atom. The van der Waals surface area contributed by atoms with Crippen LogP contribution in [-0.4, -0.2) is 44.4 Å². The molecule has 4 rings (SSSR count). The molecule has 0 aliphatic carbocycles. The van der Waals surface area contributed by atoms with Gasteiger partial charge in [0.2, 0.25) is 5.91 Å². The molecule has 0 bridgehead atoms. The second kappa shape index (κ2) is 10.8. The van der Waals surface area contributed by atoms with Crippen molar-refractivity contribution in [1.82, 2.24) is 19.7 Å². The van der Waals surface area contributed by atoms with Crippen molar-refractivity contribution in [3.05, 3.63) is 65.5 Å². The van der Waals surface area contributed by atoms with E-state index in [2.05, 4.69) is 50.1 Å². The van der Waals surface area contributed by atoms with E-state index in [0.717, 1.165) is 59.5 Å². The van der Waals surface area contributed by atoms with Gasteiger partial charge in [0.1, 0.15) is 0 Å². The van der Waals surface area contributed by atoms with Crippen LogP contribution in [0, 0.1) is 6.92 Å². The molecule has 2 aromatic carbocycles. The molecule has 3 aromatic rings. The third kappa shape index (κ3) is 5.40. The number of likely N-dealkylation sites (tertiary alicyclic amines) is 1. The fraction of sp³-hybridized carbons (Fsp3) is 0.400. The molecule has 7 heteroatoms. The highest BCUT2D eigenvalue weighted by Crippen LogP contribution is 2.25. The number of carbonyl (C=O) groups excluding carboxylic acids is 1. The van der Waals surface area contributed by atoms with E-state index >= 15 is 0 Å². The van der Waals surface area contributed by atoms with Crippen LogP contribution in [-0.2, 0) is 17.8 Å². The maximum Gasteiger partial charge on any atom is 0.234 e. The van der Waals surface area contributed by atoms with Crippen LogP contribution in [0.15, 0.2) is 53.7 Å². The molecule has 2 heterocycles. The molecule has 1 fully saturated rings. The van der Waals surface area contributed by atoms with Crippen LogP contribution in [0.3, 0.4) is 0 Å². The zero-order valence-electron chi connectivity index (χ0n) is 18.9. The molecule has 0 unspecified atom stereocenters. The Morgan fingerprint density at radius 3 is 2.56 bits per heavy atom. The van der Waals surface area contributed by atoms with Crippen LogP contribution in [0.25, 0.3) is 5.69 Å². The zero-order chi connectivity index (χ0) is 22.3. The molecule has 1 N–H and O–H groups in total. The summed E-state index contributed by atoms with van der Waals surface area (Å²) >= 11 is 1.43. The van der Waals surface area contributed by atoms with Crippen LogP contribution in [0.4, 0.5) is 5.69 Å². The fourth-order valence-electron chi connectivity index (χ4n) is 4.16. The van der Waals surface area contributed by atoms with Crippen molar-refractivity contribution in [2.75, 3.05) is 24.2 Å². The fourth-order valence-corrected chi connectivity index (χ4v) is 4.93. The summed E-state index contributed by atoms with van der Waals surface area (Å²) in [5.41, 5.74) is 4.19. The Morgan fingerprint density at radius 2 is 1.81 bits per heavy atom. The molecule has 1 aliphatic rings. The molecule has 1 saturated heterocycles. The lowest BCUT2D eigenvalue weighted by Gasteiger charge is -2.26. The molecule has 1 amide bonds. The maximum absolute atomic E-state index is 12.8. The molecule has 168 valence electrons. The highest BCUT2D eigenvalue weighted by molar-refractivity contribution is 7.99. The van der Waals surface area contributed by atoms with Crippen LogP contribution in [0.1, 0.15) is 43.1 Å². The van der Waals surface area contributed by atoms with E-state index in [9.17, 15) is 4.79 Å². The van der Waals surface area contributed by atoms with E-state index in [1.807, 2.05) is 37.3 Å². The quantitative estimate of drug-likeness (QED) is 0.498. The minimum absolute atomic E-state index is 0.0285. The third-order valence-electron chi connectivity index (χ3n) is 5.87. The predicted octanol–water partition coefficient (Wildman–Crippen LogP) is 4.85. The molecule has 0 atom stereocenters. The molecule has 1 aliphatic heterocycles. The number of nitrogens with one attached hydrogen (secondary N) is 1. The number of rotatable bonds is 8. The minimum Gasteiger partial charge on any atom is -0.325 e. The summed E-state index contributed by atoms with van der Waals surface area (Å²) in [5.74, 6) is 1.18. The number of thioether (sulfide) groups is 1. The van der Waals surface area contributed by atoms with Gasteiger partial charge in [-0.2, -0.15) is 0 Å². The third-order valence-corrected chi connectivity index (χ3v) is 6.79. The SMILES string of the molecule is CCc1cccc(C)c1NC(=O)CSc1nnc(CN2CCCCC2)n1-c1ccccc1. The highest BCUT2D eigenvalue weighted by Gasteiger charge is 2.19. The standard InChI is InChI=1S/C25H31N5OS/c1-3-20-12-10-11-19(2)24(20)26-23(31)18-32-25-28-27-22(17-29-15-8-5-9-16-29)30(25)21-13-6-4-7-14-21/h4,6-7,10-14H,3,5,8-9,15-18H2,1-2H3,(H,26,31). The summed E-state index contributed by atoms with van der Waals surface area (Å²) in [7, 11) is 0. The lowest BCUT2D eigenvalue weighted by Crippen LogP contribution is -2.30. The number of piperidine rings is 1. The van der Waals surface area contributed by atoms with Gasteiger partial charge in [0.25, 0.3) is 0 Å². The van der Waals surface area contributed by atoms with Crippen LogP contribution >= 0.6 is 11.8 Å². The molecule has 1 aromatic heterocycles.